The molecule has 2 aliphatic rings. The Bertz CT molecular complexity index is 987. The Morgan fingerprint density at radius 2 is 2.11 bits per heavy atom. The second kappa shape index (κ2) is 6.58. The molecule has 0 radical (unpaired) electrons. The molecule has 3 heterocycles. The Morgan fingerprint density at radius 1 is 1.29 bits per heavy atom. The minimum absolute atomic E-state index is 0.0453. The standard InChI is InChI=1S/C21H24N6O/c1-2-26-14-23-25-19(26)17-12-27(13-21(17)9-6-10-21)20(28)16-11-22-24-18(16)15-7-4-3-5-8-15/h3-5,7-8,11,14,17H,2,6,9-10,12-13H2,1H3,(H,22,24). The van der Waals surface area contributed by atoms with Gasteiger partial charge in [-0.25, -0.2) is 0 Å². The summed E-state index contributed by atoms with van der Waals surface area (Å²) in [5.74, 6) is 1.32. The number of carbonyl (C=O) groups is 1. The molecule has 2 aromatic heterocycles. The van der Waals surface area contributed by atoms with Gasteiger partial charge in [-0.15, -0.1) is 10.2 Å². The van der Waals surface area contributed by atoms with Crippen molar-refractivity contribution in [2.24, 2.45) is 5.41 Å². The molecular weight excluding hydrogens is 352 g/mol. The van der Waals surface area contributed by atoms with Crippen LogP contribution in [0, 0.1) is 5.41 Å². The van der Waals surface area contributed by atoms with Crippen LogP contribution < -0.4 is 0 Å². The van der Waals surface area contributed by atoms with E-state index in [1.807, 2.05) is 35.2 Å². The number of aryl methyl sites for hydroxylation is 1. The summed E-state index contributed by atoms with van der Waals surface area (Å²) in [5, 5.41) is 15.7. The number of nitrogens with one attached hydrogen (secondary N) is 1. The lowest BCUT2D eigenvalue weighted by Gasteiger charge is -2.42. The van der Waals surface area contributed by atoms with Crippen molar-refractivity contribution >= 4 is 5.91 Å². The van der Waals surface area contributed by atoms with E-state index in [2.05, 4.69) is 31.9 Å². The van der Waals surface area contributed by atoms with Crippen LogP contribution in [0.15, 0.2) is 42.9 Å². The smallest absolute Gasteiger partial charge is 0.257 e. The predicted octanol–water partition coefficient (Wildman–Crippen LogP) is 3.10. The third-order valence-electron chi connectivity index (χ3n) is 6.51. The number of rotatable bonds is 4. The molecule has 5 rings (SSSR count). The summed E-state index contributed by atoms with van der Waals surface area (Å²) in [7, 11) is 0. The summed E-state index contributed by atoms with van der Waals surface area (Å²) < 4.78 is 2.12. The average molecular weight is 376 g/mol. The summed E-state index contributed by atoms with van der Waals surface area (Å²) in [5.41, 5.74) is 2.54. The van der Waals surface area contributed by atoms with E-state index >= 15 is 0 Å². The molecule has 144 valence electrons. The number of amides is 1. The molecular formula is C21H24N6O. The number of benzene rings is 1. The molecule has 1 amide bonds. The molecule has 1 aromatic carbocycles. The number of aromatic nitrogens is 5. The topological polar surface area (TPSA) is 79.7 Å². The van der Waals surface area contributed by atoms with Gasteiger partial charge in [0.1, 0.15) is 12.2 Å². The maximum atomic E-state index is 13.4. The third-order valence-corrected chi connectivity index (χ3v) is 6.51. The zero-order valence-electron chi connectivity index (χ0n) is 16.0. The number of H-pyrrole nitrogens is 1. The summed E-state index contributed by atoms with van der Waals surface area (Å²) in [6, 6.07) is 9.90. The minimum Gasteiger partial charge on any atom is -0.337 e. The van der Waals surface area contributed by atoms with Gasteiger partial charge in [-0.05, 0) is 25.2 Å². The van der Waals surface area contributed by atoms with Gasteiger partial charge in [0.15, 0.2) is 0 Å². The van der Waals surface area contributed by atoms with Crippen LogP contribution in [-0.4, -0.2) is 48.9 Å². The van der Waals surface area contributed by atoms with Crippen LogP contribution in [0.5, 0.6) is 0 Å². The van der Waals surface area contributed by atoms with Gasteiger partial charge in [0, 0.05) is 31.1 Å². The Kier molecular flexibility index (Phi) is 4.03. The first-order chi connectivity index (χ1) is 13.7. The molecule has 7 heteroatoms. The van der Waals surface area contributed by atoms with Gasteiger partial charge in [0.05, 0.1) is 17.5 Å². The van der Waals surface area contributed by atoms with Crippen molar-refractivity contribution in [2.75, 3.05) is 13.1 Å². The molecule has 1 spiro atoms. The molecule has 1 saturated carbocycles. The van der Waals surface area contributed by atoms with Gasteiger partial charge >= 0.3 is 0 Å². The SMILES string of the molecule is CCn1cnnc1C1CN(C(=O)c2cn[nH]c2-c2ccccc2)CC12CCC2. The quantitative estimate of drug-likeness (QED) is 0.759. The van der Waals surface area contributed by atoms with Gasteiger partial charge in [-0.1, -0.05) is 36.8 Å². The summed E-state index contributed by atoms with van der Waals surface area (Å²) in [4.78, 5) is 15.4. The van der Waals surface area contributed by atoms with Crippen LogP contribution in [0.25, 0.3) is 11.3 Å². The van der Waals surface area contributed by atoms with Crippen LogP contribution in [0.1, 0.15) is 48.3 Å². The van der Waals surface area contributed by atoms with E-state index in [4.69, 9.17) is 0 Å². The van der Waals surface area contributed by atoms with Crippen molar-refractivity contribution in [1.29, 1.82) is 0 Å². The van der Waals surface area contributed by atoms with Crippen LogP contribution in [0.4, 0.5) is 0 Å². The Hall–Kier alpha value is -2.96. The fraction of sp³-hybridized carbons (Fsp3) is 0.429. The van der Waals surface area contributed by atoms with E-state index < -0.39 is 0 Å². The first kappa shape index (κ1) is 17.2. The van der Waals surface area contributed by atoms with Crippen LogP contribution in [0.2, 0.25) is 0 Å². The van der Waals surface area contributed by atoms with E-state index in [1.165, 1.54) is 6.42 Å². The van der Waals surface area contributed by atoms with Crippen molar-refractivity contribution in [1.82, 2.24) is 29.9 Å². The first-order valence-electron chi connectivity index (χ1n) is 9.97. The van der Waals surface area contributed by atoms with Crippen LogP contribution in [-0.2, 0) is 6.54 Å². The number of hydrogen-bond acceptors (Lipinski definition) is 4. The second-order valence-corrected chi connectivity index (χ2v) is 7.95. The number of carbonyl (C=O) groups excluding carboxylic acids is 1. The molecule has 28 heavy (non-hydrogen) atoms. The fourth-order valence-corrected chi connectivity index (χ4v) is 4.84. The van der Waals surface area contributed by atoms with Crippen molar-refractivity contribution in [3.05, 3.63) is 54.2 Å². The maximum Gasteiger partial charge on any atom is 0.257 e. The third kappa shape index (κ3) is 2.57. The molecule has 0 bridgehead atoms. The zero-order chi connectivity index (χ0) is 19.1. The fourth-order valence-electron chi connectivity index (χ4n) is 4.84. The van der Waals surface area contributed by atoms with Gasteiger partial charge in [-0.2, -0.15) is 5.10 Å². The highest BCUT2D eigenvalue weighted by molar-refractivity contribution is 6.00. The van der Waals surface area contributed by atoms with Gasteiger partial charge in [0.25, 0.3) is 5.91 Å². The van der Waals surface area contributed by atoms with Gasteiger partial charge in [-0.3, -0.25) is 9.89 Å². The Balaban J connectivity index is 1.45. The first-order valence-corrected chi connectivity index (χ1v) is 9.97. The normalized spacial score (nSPS) is 20.5. The molecule has 3 aromatic rings. The highest BCUT2D eigenvalue weighted by atomic mass is 16.2. The van der Waals surface area contributed by atoms with Gasteiger partial charge in [0.2, 0.25) is 0 Å². The van der Waals surface area contributed by atoms with E-state index in [-0.39, 0.29) is 17.2 Å². The van der Waals surface area contributed by atoms with Crippen molar-refractivity contribution in [3.63, 3.8) is 0 Å². The molecule has 2 fully saturated rings. The van der Waals surface area contributed by atoms with E-state index in [1.54, 1.807) is 12.5 Å². The molecule has 1 aliphatic carbocycles. The minimum atomic E-state index is 0.0453. The van der Waals surface area contributed by atoms with E-state index in [0.717, 1.165) is 43.0 Å². The molecule has 1 N–H and O–H groups in total. The largest absolute Gasteiger partial charge is 0.337 e. The predicted molar refractivity (Wildman–Crippen MR) is 105 cm³/mol. The summed E-state index contributed by atoms with van der Waals surface area (Å²) >= 11 is 0. The van der Waals surface area contributed by atoms with Crippen LogP contribution >= 0.6 is 0 Å². The molecule has 7 nitrogen and oxygen atoms in total. The number of hydrogen-bond donors (Lipinski definition) is 1. The number of nitrogens with zero attached hydrogens (tertiary/aromatic N) is 5. The summed E-state index contributed by atoms with van der Waals surface area (Å²) in [6.07, 6.45) is 6.97. The lowest BCUT2D eigenvalue weighted by Crippen LogP contribution is -2.38. The highest BCUT2D eigenvalue weighted by Gasteiger charge is 2.53. The average Bonchev–Trinajstić information content (AvgIpc) is 3.44. The van der Waals surface area contributed by atoms with E-state index in [0.29, 0.717) is 12.1 Å². The molecule has 1 unspecified atom stereocenters. The highest BCUT2D eigenvalue weighted by Crippen LogP contribution is 2.55. The van der Waals surface area contributed by atoms with E-state index in [9.17, 15) is 4.79 Å². The Labute approximate surface area is 163 Å². The molecule has 1 aliphatic heterocycles. The van der Waals surface area contributed by atoms with Crippen LogP contribution in [0.3, 0.4) is 0 Å². The number of aromatic amines is 1. The monoisotopic (exact) mass is 376 g/mol. The maximum absolute atomic E-state index is 13.4. The zero-order valence-corrected chi connectivity index (χ0v) is 16.0. The van der Waals surface area contributed by atoms with Crippen molar-refractivity contribution in [2.45, 2.75) is 38.6 Å². The Morgan fingerprint density at radius 3 is 2.82 bits per heavy atom. The summed E-state index contributed by atoms with van der Waals surface area (Å²) in [6.45, 7) is 4.43. The van der Waals surface area contributed by atoms with Gasteiger partial charge < -0.3 is 9.47 Å². The van der Waals surface area contributed by atoms with Crippen molar-refractivity contribution < 1.29 is 4.79 Å². The number of likely N-dealkylation sites (tertiary alicyclic amines) is 1. The van der Waals surface area contributed by atoms with Crippen molar-refractivity contribution in [3.8, 4) is 11.3 Å². The molecule has 1 saturated heterocycles. The lowest BCUT2D eigenvalue weighted by molar-refractivity contribution is 0.0724. The lowest BCUT2D eigenvalue weighted by atomic mass is 9.62. The molecule has 1 atom stereocenters. The second-order valence-electron chi connectivity index (χ2n) is 7.95.